The Bertz CT molecular complexity index is 431. The van der Waals surface area contributed by atoms with E-state index in [9.17, 15) is 9.90 Å². The van der Waals surface area contributed by atoms with Gasteiger partial charge < -0.3 is 15.2 Å². The predicted molar refractivity (Wildman–Crippen MR) is 68.6 cm³/mol. The number of aliphatic hydroxyl groups excluding tert-OH is 1. The Hall–Kier alpha value is -1.55. The maximum Gasteiger partial charge on any atom is 0.231 e. The molecular formula is C14H19NO3. The lowest BCUT2D eigenvalue weighted by Gasteiger charge is -2.17. The number of benzene rings is 1. The molecule has 1 aromatic carbocycles. The van der Waals surface area contributed by atoms with Crippen molar-refractivity contribution in [1.29, 1.82) is 0 Å². The molecule has 2 rings (SSSR count). The topological polar surface area (TPSA) is 58.6 Å². The second kappa shape index (κ2) is 5.40. The van der Waals surface area contributed by atoms with Crippen molar-refractivity contribution in [3.63, 3.8) is 0 Å². The Labute approximate surface area is 107 Å². The summed E-state index contributed by atoms with van der Waals surface area (Å²) in [4.78, 5) is 12.1. The Morgan fingerprint density at radius 2 is 2.22 bits per heavy atom. The van der Waals surface area contributed by atoms with Gasteiger partial charge in [0.15, 0.2) is 0 Å². The quantitative estimate of drug-likeness (QED) is 0.849. The molecule has 1 aliphatic rings. The average molecular weight is 249 g/mol. The van der Waals surface area contributed by atoms with E-state index in [-0.39, 0.29) is 17.9 Å². The lowest BCUT2D eigenvalue weighted by Crippen LogP contribution is -2.38. The largest absolute Gasteiger partial charge is 0.492 e. The summed E-state index contributed by atoms with van der Waals surface area (Å²) in [5, 5.41) is 12.2. The van der Waals surface area contributed by atoms with Crippen LogP contribution in [0.5, 0.6) is 5.75 Å². The van der Waals surface area contributed by atoms with Crippen molar-refractivity contribution in [3.05, 3.63) is 29.8 Å². The van der Waals surface area contributed by atoms with Crippen LogP contribution in [0.4, 0.5) is 0 Å². The zero-order valence-electron chi connectivity index (χ0n) is 10.7. The molecule has 1 aliphatic heterocycles. The van der Waals surface area contributed by atoms with Gasteiger partial charge in [-0.25, -0.2) is 0 Å². The van der Waals surface area contributed by atoms with Crippen LogP contribution in [0.2, 0.25) is 0 Å². The Balaban J connectivity index is 1.99. The van der Waals surface area contributed by atoms with Crippen LogP contribution in [0.3, 0.4) is 0 Å². The first-order chi connectivity index (χ1) is 8.58. The molecular weight excluding hydrogens is 230 g/mol. The fourth-order valence-electron chi connectivity index (χ4n) is 2.29. The number of para-hydroxylation sites is 1. The summed E-state index contributed by atoms with van der Waals surface area (Å²) < 4.78 is 5.48. The van der Waals surface area contributed by atoms with E-state index in [1.807, 2.05) is 31.2 Å². The van der Waals surface area contributed by atoms with Gasteiger partial charge in [0.1, 0.15) is 18.3 Å². The van der Waals surface area contributed by atoms with E-state index in [1.165, 1.54) is 0 Å². The fraction of sp³-hybridized carbons (Fsp3) is 0.500. The van der Waals surface area contributed by atoms with Gasteiger partial charge >= 0.3 is 0 Å². The minimum Gasteiger partial charge on any atom is -0.492 e. The third kappa shape index (κ3) is 2.82. The number of hydrogen-bond acceptors (Lipinski definition) is 3. The van der Waals surface area contributed by atoms with Crippen molar-refractivity contribution < 1.29 is 14.6 Å². The van der Waals surface area contributed by atoms with E-state index < -0.39 is 6.10 Å². The third-order valence-corrected chi connectivity index (χ3v) is 3.10. The molecule has 0 spiro atoms. The highest BCUT2D eigenvalue weighted by Gasteiger charge is 2.30. The number of carbonyl (C=O) groups excluding carboxylic acids is 1. The number of aliphatic hydroxyl groups is 1. The second-order valence-corrected chi connectivity index (χ2v) is 4.90. The third-order valence-electron chi connectivity index (χ3n) is 3.10. The Kier molecular flexibility index (Phi) is 3.87. The molecule has 1 heterocycles. The zero-order chi connectivity index (χ0) is 13.1. The second-order valence-electron chi connectivity index (χ2n) is 4.90. The lowest BCUT2D eigenvalue weighted by atomic mass is 10.00. The molecule has 98 valence electrons. The number of carbonyl (C=O) groups is 1. The summed E-state index contributed by atoms with van der Waals surface area (Å²) in [7, 11) is 0. The summed E-state index contributed by atoms with van der Waals surface area (Å²) in [6.07, 6.45) is 0.147. The first-order valence-corrected chi connectivity index (χ1v) is 6.28. The highest BCUT2D eigenvalue weighted by Crippen LogP contribution is 2.33. The van der Waals surface area contributed by atoms with Crippen LogP contribution in [0.1, 0.15) is 31.7 Å². The summed E-state index contributed by atoms with van der Waals surface area (Å²) in [6, 6.07) is 7.57. The summed E-state index contributed by atoms with van der Waals surface area (Å²) in [5.41, 5.74) is 0.944. The van der Waals surface area contributed by atoms with Gasteiger partial charge in [-0.15, -0.1) is 0 Å². The fourth-order valence-corrected chi connectivity index (χ4v) is 2.29. The number of nitrogens with one attached hydrogen (secondary N) is 1. The maximum absolute atomic E-state index is 12.1. The first-order valence-electron chi connectivity index (χ1n) is 6.28. The molecule has 0 saturated carbocycles. The lowest BCUT2D eigenvalue weighted by molar-refractivity contribution is -0.123. The van der Waals surface area contributed by atoms with Crippen LogP contribution in [0.15, 0.2) is 24.3 Å². The van der Waals surface area contributed by atoms with Gasteiger partial charge in [-0.05, 0) is 26.3 Å². The number of rotatable bonds is 4. The van der Waals surface area contributed by atoms with Gasteiger partial charge in [-0.3, -0.25) is 4.79 Å². The molecule has 0 fully saturated rings. The molecule has 4 heteroatoms. The first kappa shape index (κ1) is 12.9. The molecule has 3 atom stereocenters. The Morgan fingerprint density at radius 3 is 2.94 bits per heavy atom. The monoisotopic (exact) mass is 249 g/mol. The van der Waals surface area contributed by atoms with Gasteiger partial charge in [-0.2, -0.15) is 0 Å². The van der Waals surface area contributed by atoms with Crippen LogP contribution in [0.25, 0.3) is 0 Å². The standard InChI is InChI=1S/C14H19NO3/c1-9(7-10(2)16)15-14(17)12-8-18-13-6-4-3-5-11(12)13/h3-6,9-10,12,16H,7-8H2,1-2H3,(H,15,17). The van der Waals surface area contributed by atoms with Crippen LogP contribution < -0.4 is 10.1 Å². The molecule has 18 heavy (non-hydrogen) atoms. The number of hydrogen-bond donors (Lipinski definition) is 2. The van der Waals surface area contributed by atoms with E-state index >= 15 is 0 Å². The van der Waals surface area contributed by atoms with Gasteiger partial charge in [-0.1, -0.05) is 18.2 Å². The molecule has 2 N–H and O–H groups in total. The highest BCUT2D eigenvalue weighted by molar-refractivity contribution is 5.85. The minimum absolute atomic E-state index is 0.0342. The van der Waals surface area contributed by atoms with Crippen LogP contribution >= 0.6 is 0 Å². The number of fused-ring (bicyclic) bond motifs is 1. The Morgan fingerprint density at radius 1 is 1.50 bits per heavy atom. The van der Waals surface area contributed by atoms with Crippen molar-refractivity contribution in [2.75, 3.05) is 6.61 Å². The highest BCUT2D eigenvalue weighted by atomic mass is 16.5. The van der Waals surface area contributed by atoms with Crippen molar-refractivity contribution in [1.82, 2.24) is 5.32 Å². The molecule has 0 saturated heterocycles. The maximum atomic E-state index is 12.1. The van der Waals surface area contributed by atoms with Crippen LogP contribution in [-0.2, 0) is 4.79 Å². The summed E-state index contributed by atoms with van der Waals surface area (Å²) >= 11 is 0. The van der Waals surface area contributed by atoms with E-state index in [2.05, 4.69) is 5.32 Å². The van der Waals surface area contributed by atoms with Gasteiger partial charge in [0, 0.05) is 11.6 Å². The number of amides is 1. The smallest absolute Gasteiger partial charge is 0.231 e. The molecule has 1 amide bonds. The van der Waals surface area contributed by atoms with Crippen LogP contribution in [-0.4, -0.2) is 29.8 Å². The number of ether oxygens (including phenoxy) is 1. The van der Waals surface area contributed by atoms with Crippen molar-refractivity contribution in [3.8, 4) is 5.75 Å². The SMILES string of the molecule is CC(O)CC(C)NC(=O)C1COc2ccccc21. The molecule has 0 radical (unpaired) electrons. The molecule has 3 unspecified atom stereocenters. The minimum atomic E-state index is -0.410. The van der Waals surface area contributed by atoms with E-state index in [1.54, 1.807) is 6.92 Å². The van der Waals surface area contributed by atoms with E-state index in [0.717, 1.165) is 11.3 Å². The molecule has 1 aromatic rings. The average Bonchev–Trinajstić information content (AvgIpc) is 2.71. The van der Waals surface area contributed by atoms with Crippen LogP contribution in [0, 0.1) is 0 Å². The van der Waals surface area contributed by atoms with Crippen molar-refractivity contribution in [2.24, 2.45) is 0 Å². The molecule has 4 nitrogen and oxygen atoms in total. The molecule has 0 aromatic heterocycles. The van der Waals surface area contributed by atoms with Gasteiger partial charge in [0.05, 0.1) is 6.10 Å². The molecule has 0 aliphatic carbocycles. The zero-order valence-corrected chi connectivity index (χ0v) is 10.7. The predicted octanol–water partition coefficient (Wildman–Crippen LogP) is 1.44. The normalized spacial score (nSPS) is 20.7. The summed E-state index contributed by atoms with van der Waals surface area (Å²) in [5.74, 6) is 0.520. The van der Waals surface area contributed by atoms with Gasteiger partial charge in [0.2, 0.25) is 5.91 Å². The molecule has 0 bridgehead atoms. The van der Waals surface area contributed by atoms with Gasteiger partial charge in [0.25, 0.3) is 0 Å². The van der Waals surface area contributed by atoms with E-state index in [0.29, 0.717) is 13.0 Å². The van der Waals surface area contributed by atoms with Crippen molar-refractivity contribution >= 4 is 5.91 Å². The summed E-state index contributed by atoms with van der Waals surface area (Å²) in [6.45, 7) is 4.01. The van der Waals surface area contributed by atoms with E-state index in [4.69, 9.17) is 4.74 Å². The van der Waals surface area contributed by atoms with Crippen molar-refractivity contribution in [2.45, 2.75) is 38.3 Å².